The van der Waals surface area contributed by atoms with E-state index in [2.05, 4.69) is 28.8 Å². The smallest absolute Gasteiger partial charge is 0.274 e. The van der Waals surface area contributed by atoms with Crippen LogP contribution in [0.2, 0.25) is 0 Å². The molecule has 0 spiro atoms. The van der Waals surface area contributed by atoms with Crippen LogP contribution >= 0.6 is 0 Å². The zero-order chi connectivity index (χ0) is 41.7. The van der Waals surface area contributed by atoms with Gasteiger partial charge in [-0.15, -0.1) is 0 Å². The van der Waals surface area contributed by atoms with Crippen molar-refractivity contribution in [2.45, 2.75) is 64.2 Å². The SMILES string of the molecule is C=C(Cn1cc(CNc2cc(N3CCCC[C@H]3CCO)nc3c(CC)cnn23)ccc1=O)C(=O)N1CC(n2c(=O)c3cc(-c4cc(O)cc5ccccc45)ccc3n2C)C1. The Balaban J connectivity index is 0.881. The van der Waals surface area contributed by atoms with E-state index in [9.17, 15) is 24.6 Å². The molecule has 2 aliphatic heterocycles. The lowest BCUT2D eigenvalue weighted by atomic mass is 9.97. The predicted molar refractivity (Wildman–Crippen MR) is 234 cm³/mol. The molecule has 2 saturated heterocycles. The summed E-state index contributed by atoms with van der Waals surface area (Å²) in [7, 11) is 1.85. The van der Waals surface area contributed by atoms with Gasteiger partial charge in [-0.05, 0) is 83.8 Å². The summed E-state index contributed by atoms with van der Waals surface area (Å²) in [6.07, 6.45) is 8.27. The van der Waals surface area contributed by atoms with Crippen LogP contribution in [0.5, 0.6) is 5.75 Å². The maximum absolute atomic E-state index is 13.9. The highest BCUT2D eigenvalue weighted by Gasteiger charge is 2.35. The van der Waals surface area contributed by atoms with Crippen LogP contribution in [0.15, 0.2) is 107 Å². The summed E-state index contributed by atoms with van der Waals surface area (Å²) >= 11 is 0. The lowest BCUT2D eigenvalue weighted by Gasteiger charge is -2.40. The number of nitrogens with zero attached hydrogens (tertiary/aromatic N) is 8. The number of piperidine rings is 1. The normalized spacial score (nSPS) is 15.9. The van der Waals surface area contributed by atoms with Gasteiger partial charge in [0.05, 0.1) is 29.7 Å². The van der Waals surface area contributed by atoms with Gasteiger partial charge >= 0.3 is 0 Å². The summed E-state index contributed by atoms with van der Waals surface area (Å²) in [4.78, 5) is 49.5. The maximum Gasteiger partial charge on any atom is 0.274 e. The quantitative estimate of drug-likeness (QED) is 0.133. The lowest BCUT2D eigenvalue weighted by molar-refractivity contribution is -0.133. The van der Waals surface area contributed by atoms with E-state index in [1.165, 1.54) is 10.6 Å². The van der Waals surface area contributed by atoms with Crippen molar-refractivity contribution in [1.29, 1.82) is 0 Å². The van der Waals surface area contributed by atoms with E-state index in [-0.39, 0.29) is 53.6 Å². The fraction of sp³-hybridized carbons (Fsp3) is 0.326. The number of nitrogens with one attached hydrogen (secondary N) is 1. The number of hydrogen-bond donors (Lipinski definition) is 3. The minimum absolute atomic E-state index is 0.0248. The summed E-state index contributed by atoms with van der Waals surface area (Å²) in [5.41, 5.74) is 4.98. The molecule has 1 atom stereocenters. The molecule has 6 heterocycles. The number of carbonyl (C=O) groups is 1. The van der Waals surface area contributed by atoms with Gasteiger partial charge in [0.1, 0.15) is 17.4 Å². The number of benzene rings is 3. The van der Waals surface area contributed by atoms with Crippen LogP contribution in [0.1, 0.15) is 49.8 Å². The molecule has 14 heteroatoms. The first-order chi connectivity index (χ1) is 29.1. The Morgan fingerprint density at radius 2 is 1.83 bits per heavy atom. The first-order valence-electron chi connectivity index (χ1n) is 20.7. The van der Waals surface area contributed by atoms with E-state index in [0.717, 1.165) is 88.1 Å². The van der Waals surface area contributed by atoms with Crippen molar-refractivity contribution in [2.75, 3.05) is 36.5 Å². The molecule has 0 saturated carbocycles. The second kappa shape index (κ2) is 15.8. The molecule has 3 N–H and O–H groups in total. The van der Waals surface area contributed by atoms with Gasteiger partial charge in [-0.1, -0.05) is 49.9 Å². The van der Waals surface area contributed by atoms with Crippen molar-refractivity contribution >= 4 is 44.9 Å². The minimum Gasteiger partial charge on any atom is -0.508 e. The Labute approximate surface area is 346 Å². The number of phenols is 1. The van der Waals surface area contributed by atoms with Gasteiger partial charge in [0.2, 0.25) is 0 Å². The van der Waals surface area contributed by atoms with Crippen LogP contribution in [0.4, 0.5) is 11.6 Å². The second-order valence-electron chi connectivity index (χ2n) is 16.1. The molecule has 0 bridgehead atoms. The number of phenolic OH excluding ortho intramolecular Hbond substituents is 1. The number of amides is 1. The van der Waals surface area contributed by atoms with Crippen LogP contribution in [0.25, 0.3) is 38.4 Å². The van der Waals surface area contributed by atoms with Gasteiger partial charge in [-0.3, -0.25) is 19.1 Å². The summed E-state index contributed by atoms with van der Waals surface area (Å²) in [6, 6.07) is 22.3. The van der Waals surface area contributed by atoms with Crippen molar-refractivity contribution < 1.29 is 15.0 Å². The summed E-state index contributed by atoms with van der Waals surface area (Å²) in [5.74, 6) is 1.51. The number of aryl methyl sites for hydroxylation is 2. The summed E-state index contributed by atoms with van der Waals surface area (Å²) in [5, 5.41) is 30.8. The number of hydrogen-bond acceptors (Lipinski definition) is 9. The molecule has 2 fully saturated rings. The van der Waals surface area contributed by atoms with Crippen molar-refractivity contribution in [3.8, 4) is 16.9 Å². The second-order valence-corrected chi connectivity index (χ2v) is 16.1. The Bertz CT molecular complexity index is 2920. The van der Waals surface area contributed by atoms with Gasteiger partial charge in [0, 0.05) is 75.3 Å². The van der Waals surface area contributed by atoms with E-state index in [1.54, 1.807) is 34.0 Å². The minimum atomic E-state index is -0.263. The fourth-order valence-electron chi connectivity index (χ4n) is 9.02. The van der Waals surface area contributed by atoms with Crippen molar-refractivity contribution in [3.05, 3.63) is 129 Å². The first-order valence-corrected chi connectivity index (χ1v) is 20.7. The van der Waals surface area contributed by atoms with Crippen molar-refractivity contribution in [2.24, 2.45) is 7.05 Å². The molecular weight excluding hydrogens is 759 g/mol. The zero-order valence-electron chi connectivity index (χ0n) is 33.9. The molecule has 4 aromatic heterocycles. The summed E-state index contributed by atoms with van der Waals surface area (Å²) in [6.45, 7) is 8.23. The number of aromatic hydroxyl groups is 1. The predicted octanol–water partition coefficient (Wildman–Crippen LogP) is 5.63. The maximum atomic E-state index is 13.9. The molecule has 308 valence electrons. The molecule has 0 unspecified atom stereocenters. The van der Waals surface area contributed by atoms with Crippen LogP contribution in [-0.2, 0) is 31.4 Å². The molecule has 0 radical (unpaired) electrons. The molecule has 3 aromatic carbocycles. The van der Waals surface area contributed by atoms with Gasteiger partial charge in [-0.2, -0.15) is 9.61 Å². The monoisotopic (exact) mass is 807 g/mol. The standard InChI is InChI=1S/C46H49N9O5/c1-4-31-24-48-54-41(22-42(49-44(31)54)53-17-8-7-10-34(53)16-18-56)47-23-30-12-15-43(58)51(26-30)25-29(2)45(59)52-27-35(28-52)55-46(60)39-20-33(13-14-40(39)50(55)3)38-21-36(57)19-32-9-5-6-11-37(32)38/h5-6,9,11-15,19-22,24,26,34-35,47,56-57H,2,4,7-8,10,16-18,23,25,27-28H2,1,3H3/t34-/m0/s1. The number of rotatable bonds is 12. The molecule has 60 heavy (non-hydrogen) atoms. The number of aliphatic hydroxyl groups is 1. The molecule has 2 aliphatic rings. The molecule has 0 aliphatic carbocycles. The molecular formula is C46H49N9O5. The number of fused-ring (bicyclic) bond motifs is 3. The highest BCUT2D eigenvalue weighted by atomic mass is 16.3. The zero-order valence-corrected chi connectivity index (χ0v) is 33.9. The largest absolute Gasteiger partial charge is 0.508 e. The lowest BCUT2D eigenvalue weighted by Crippen LogP contribution is -2.54. The Hall–Kier alpha value is -6.67. The first kappa shape index (κ1) is 38.8. The molecule has 14 nitrogen and oxygen atoms in total. The van der Waals surface area contributed by atoms with Gasteiger partial charge < -0.3 is 29.9 Å². The van der Waals surface area contributed by atoms with Crippen LogP contribution in [0.3, 0.4) is 0 Å². The van der Waals surface area contributed by atoms with E-state index in [4.69, 9.17) is 4.98 Å². The number of aliphatic hydroxyl groups excluding tert-OH is 1. The molecule has 7 aromatic rings. The van der Waals surface area contributed by atoms with E-state index >= 15 is 0 Å². The number of aromatic nitrogens is 6. The Morgan fingerprint density at radius 3 is 2.65 bits per heavy atom. The number of likely N-dealkylation sites (tertiary alicyclic amines) is 1. The Kier molecular flexibility index (Phi) is 10.2. The van der Waals surface area contributed by atoms with E-state index < -0.39 is 0 Å². The number of pyridine rings is 1. The van der Waals surface area contributed by atoms with Gasteiger partial charge in [0.15, 0.2) is 5.65 Å². The third-order valence-corrected chi connectivity index (χ3v) is 12.2. The van der Waals surface area contributed by atoms with Gasteiger partial charge in [-0.25, -0.2) is 9.67 Å². The van der Waals surface area contributed by atoms with Crippen molar-refractivity contribution in [3.63, 3.8) is 0 Å². The van der Waals surface area contributed by atoms with E-state index in [0.29, 0.717) is 31.4 Å². The van der Waals surface area contributed by atoms with Crippen LogP contribution in [0, 0.1) is 0 Å². The van der Waals surface area contributed by atoms with Crippen LogP contribution < -0.4 is 21.3 Å². The average molecular weight is 808 g/mol. The molecule has 1 amide bonds. The Morgan fingerprint density at radius 1 is 1.00 bits per heavy atom. The number of carbonyl (C=O) groups excluding carboxylic acids is 1. The highest BCUT2D eigenvalue weighted by molar-refractivity contribution is 5.99. The summed E-state index contributed by atoms with van der Waals surface area (Å²) < 4.78 is 6.86. The highest BCUT2D eigenvalue weighted by Crippen LogP contribution is 2.35. The third-order valence-electron chi connectivity index (χ3n) is 12.2. The topological polar surface area (TPSA) is 155 Å². The van der Waals surface area contributed by atoms with Crippen molar-refractivity contribution in [1.82, 2.24) is 33.4 Å². The van der Waals surface area contributed by atoms with Gasteiger partial charge in [0.25, 0.3) is 17.0 Å². The van der Waals surface area contributed by atoms with E-state index in [1.807, 2.05) is 71.0 Å². The fourth-order valence-corrected chi connectivity index (χ4v) is 9.02. The molecule has 9 rings (SSSR count). The third kappa shape index (κ3) is 7.00. The average Bonchev–Trinajstić information content (AvgIpc) is 3.77. The van der Waals surface area contributed by atoms with Crippen LogP contribution in [-0.4, -0.2) is 81.8 Å². The number of anilines is 2.